The molecule has 27 heavy (non-hydrogen) atoms. The zero-order valence-electron chi connectivity index (χ0n) is 13.8. The summed E-state index contributed by atoms with van der Waals surface area (Å²) < 4.78 is 32.1. The Morgan fingerprint density at radius 1 is 1.11 bits per heavy atom. The number of thiophene rings is 1. The molecule has 3 aromatic rings. The van der Waals surface area contributed by atoms with Gasteiger partial charge in [-0.25, -0.2) is 13.1 Å². The topological polar surface area (TPSA) is 124 Å². The first kappa shape index (κ1) is 18.9. The molecule has 0 atom stereocenters. The van der Waals surface area contributed by atoms with Crippen LogP contribution in [0.15, 0.2) is 58.8 Å². The summed E-state index contributed by atoms with van der Waals surface area (Å²) >= 11 is 1.54. The molecule has 0 spiro atoms. The largest absolute Gasteiger partial charge is 0.475 e. The van der Waals surface area contributed by atoms with Crippen molar-refractivity contribution in [1.82, 2.24) is 14.9 Å². The second-order valence-corrected chi connectivity index (χ2v) is 7.89. The van der Waals surface area contributed by atoms with E-state index in [1.807, 2.05) is 17.5 Å². The number of hydrogen-bond acceptors (Lipinski definition) is 8. The Bertz CT molecular complexity index is 1020. The van der Waals surface area contributed by atoms with Crippen LogP contribution in [0.4, 0.5) is 5.69 Å². The number of ether oxygens (including phenoxy) is 1. The molecule has 0 saturated heterocycles. The van der Waals surface area contributed by atoms with Crippen LogP contribution in [0.25, 0.3) is 10.6 Å². The summed E-state index contributed by atoms with van der Waals surface area (Å²) in [5.74, 6) is 0.250. The van der Waals surface area contributed by atoms with Gasteiger partial charge in [0.05, 0.1) is 9.80 Å². The number of rotatable bonds is 8. The first-order chi connectivity index (χ1) is 13.0. The SMILES string of the molecule is O=[N+]([O-])c1ccccc1S(=O)(=O)NCCOc1ccc(-c2cccs2)nn1. The molecule has 0 fully saturated rings. The minimum atomic E-state index is -4.03. The van der Waals surface area contributed by atoms with Gasteiger partial charge >= 0.3 is 0 Å². The summed E-state index contributed by atoms with van der Waals surface area (Å²) in [4.78, 5) is 10.8. The molecule has 0 saturated carbocycles. The lowest BCUT2D eigenvalue weighted by Gasteiger charge is -2.08. The van der Waals surface area contributed by atoms with E-state index in [0.717, 1.165) is 16.6 Å². The van der Waals surface area contributed by atoms with E-state index < -0.39 is 25.5 Å². The number of nitrogens with one attached hydrogen (secondary N) is 1. The zero-order chi connectivity index (χ0) is 19.3. The molecule has 0 radical (unpaired) electrons. The molecule has 140 valence electrons. The smallest absolute Gasteiger partial charge is 0.289 e. The summed E-state index contributed by atoms with van der Waals surface area (Å²) in [6, 6.07) is 12.4. The number of sulfonamides is 1. The molecular formula is C16H14N4O5S2. The first-order valence-corrected chi connectivity index (χ1v) is 10.1. The van der Waals surface area contributed by atoms with Crippen LogP contribution in [0.1, 0.15) is 0 Å². The van der Waals surface area contributed by atoms with E-state index in [-0.39, 0.29) is 19.0 Å². The van der Waals surface area contributed by atoms with Crippen molar-refractivity contribution >= 4 is 27.0 Å². The standard InChI is InChI=1S/C16H14N4O5S2/c21-20(22)13-4-1-2-6-15(13)27(23,24)17-9-10-25-16-8-7-12(18-19-16)14-5-3-11-26-14/h1-8,11,17H,9-10H2. The molecule has 9 nitrogen and oxygen atoms in total. The van der Waals surface area contributed by atoms with Gasteiger partial charge in [0, 0.05) is 18.7 Å². The molecule has 2 heterocycles. The Kier molecular flexibility index (Phi) is 5.74. The molecule has 2 aromatic heterocycles. The third-order valence-electron chi connectivity index (χ3n) is 3.41. The zero-order valence-corrected chi connectivity index (χ0v) is 15.4. The van der Waals surface area contributed by atoms with Crippen molar-refractivity contribution in [1.29, 1.82) is 0 Å². The maximum absolute atomic E-state index is 12.2. The lowest BCUT2D eigenvalue weighted by Crippen LogP contribution is -2.28. The van der Waals surface area contributed by atoms with Gasteiger partial charge in [-0.15, -0.1) is 21.5 Å². The van der Waals surface area contributed by atoms with Gasteiger partial charge < -0.3 is 4.74 Å². The van der Waals surface area contributed by atoms with Crippen LogP contribution >= 0.6 is 11.3 Å². The summed E-state index contributed by atoms with van der Waals surface area (Å²) in [5, 5.41) is 20.9. The van der Waals surface area contributed by atoms with Crippen LogP contribution in [0.5, 0.6) is 5.88 Å². The molecule has 1 aromatic carbocycles. The first-order valence-electron chi connectivity index (χ1n) is 7.71. The highest BCUT2D eigenvalue weighted by molar-refractivity contribution is 7.89. The van der Waals surface area contributed by atoms with Gasteiger partial charge in [0.15, 0.2) is 4.90 Å². The summed E-state index contributed by atoms with van der Waals surface area (Å²) in [6.45, 7) is -0.0877. The highest BCUT2D eigenvalue weighted by Crippen LogP contribution is 2.23. The second kappa shape index (κ2) is 8.20. The molecule has 0 aliphatic rings. The van der Waals surface area contributed by atoms with E-state index >= 15 is 0 Å². The molecule has 0 amide bonds. The van der Waals surface area contributed by atoms with Gasteiger partial charge in [-0.05, 0) is 23.6 Å². The van der Waals surface area contributed by atoms with Crippen molar-refractivity contribution in [3.63, 3.8) is 0 Å². The number of nitro benzene ring substituents is 1. The Balaban J connectivity index is 1.56. The minimum absolute atomic E-state index is 0.00705. The molecule has 0 bridgehead atoms. The predicted molar refractivity (Wildman–Crippen MR) is 99.1 cm³/mol. The maximum Gasteiger partial charge on any atom is 0.289 e. The van der Waals surface area contributed by atoms with Crippen molar-refractivity contribution in [2.45, 2.75) is 4.90 Å². The van der Waals surface area contributed by atoms with Crippen molar-refractivity contribution < 1.29 is 18.1 Å². The van der Waals surface area contributed by atoms with Gasteiger partial charge in [0.2, 0.25) is 15.9 Å². The fourth-order valence-corrected chi connectivity index (χ4v) is 4.07. The Labute approximate surface area is 158 Å². The number of nitrogens with zero attached hydrogens (tertiary/aromatic N) is 3. The summed E-state index contributed by atoms with van der Waals surface area (Å²) in [5.41, 5.74) is 0.232. The van der Waals surface area contributed by atoms with Crippen LogP contribution in [-0.4, -0.2) is 36.7 Å². The average Bonchev–Trinajstić information content (AvgIpc) is 3.20. The Hall–Kier alpha value is -2.89. The van der Waals surface area contributed by atoms with Crippen LogP contribution < -0.4 is 9.46 Å². The monoisotopic (exact) mass is 406 g/mol. The maximum atomic E-state index is 12.2. The van der Waals surface area contributed by atoms with E-state index in [4.69, 9.17) is 4.74 Å². The van der Waals surface area contributed by atoms with Crippen LogP contribution in [0, 0.1) is 10.1 Å². The molecular weight excluding hydrogens is 392 g/mol. The lowest BCUT2D eigenvalue weighted by atomic mass is 10.3. The predicted octanol–water partition coefficient (Wildman–Crippen LogP) is 2.47. The fraction of sp³-hybridized carbons (Fsp3) is 0.125. The van der Waals surface area contributed by atoms with Gasteiger partial charge in [-0.1, -0.05) is 18.2 Å². The van der Waals surface area contributed by atoms with Crippen molar-refractivity contribution in [3.05, 3.63) is 64.0 Å². The van der Waals surface area contributed by atoms with E-state index in [2.05, 4.69) is 14.9 Å². The van der Waals surface area contributed by atoms with Crippen LogP contribution in [0.3, 0.4) is 0 Å². The second-order valence-electron chi connectivity index (χ2n) is 5.21. The van der Waals surface area contributed by atoms with Gasteiger partial charge in [-0.2, -0.15) is 0 Å². The molecule has 0 aliphatic heterocycles. The Morgan fingerprint density at radius 3 is 2.59 bits per heavy atom. The quantitative estimate of drug-likeness (QED) is 0.346. The molecule has 0 unspecified atom stereocenters. The fourth-order valence-electron chi connectivity index (χ4n) is 2.20. The van der Waals surface area contributed by atoms with Crippen LogP contribution in [-0.2, 0) is 10.0 Å². The minimum Gasteiger partial charge on any atom is -0.475 e. The van der Waals surface area contributed by atoms with Gasteiger partial charge in [0.25, 0.3) is 5.69 Å². The third-order valence-corrected chi connectivity index (χ3v) is 5.81. The highest BCUT2D eigenvalue weighted by Gasteiger charge is 2.24. The number of aromatic nitrogens is 2. The third kappa shape index (κ3) is 4.64. The number of benzene rings is 1. The van der Waals surface area contributed by atoms with E-state index in [9.17, 15) is 18.5 Å². The summed E-state index contributed by atoms with van der Waals surface area (Å²) in [6.07, 6.45) is 0. The van der Waals surface area contributed by atoms with Crippen molar-refractivity contribution in [3.8, 4) is 16.5 Å². The van der Waals surface area contributed by atoms with E-state index in [1.54, 1.807) is 12.1 Å². The number of hydrogen-bond donors (Lipinski definition) is 1. The number of nitro groups is 1. The normalized spacial score (nSPS) is 11.3. The van der Waals surface area contributed by atoms with Crippen molar-refractivity contribution in [2.75, 3.05) is 13.2 Å². The Morgan fingerprint density at radius 2 is 1.93 bits per heavy atom. The molecule has 3 rings (SSSR count). The van der Waals surface area contributed by atoms with E-state index in [0.29, 0.717) is 0 Å². The number of para-hydroxylation sites is 1. The molecule has 11 heteroatoms. The average molecular weight is 406 g/mol. The molecule has 0 aliphatic carbocycles. The highest BCUT2D eigenvalue weighted by atomic mass is 32.2. The summed E-state index contributed by atoms with van der Waals surface area (Å²) in [7, 11) is -4.03. The molecule has 1 N–H and O–H groups in total. The van der Waals surface area contributed by atoms with Gasteiger partial charge in [-0.3, -0.25) is 10.1 Å². The lowest BCUT2D eigenvalue weighted by molar-refractivity contribution is -0.387. The van der Waals surface area contributed by atoms with Crippen molar-refractivity contribution in [2.24, 2.45) is 0 Å². The van der Waals surface area contributed by atoms with Crippen LogP contribution in [0.2, 0.25) is 0 Å². The van der Waals surface area contributed by atoms with Gasteiger partial charge in [0.1, 0.15) is 12.3 Å². The van der Waals surface area contributed by atoms with E-state index in [1.165, 1.54) is 29.5 Å².